The van der Waals surface area contributed by atoms with E-state index in [4.69, 9.17) is 0 Å². The van der Waals surface area contributed by atoms with Crippen molar-refractivity contribution in [3.8, 4) is 11.4 Å². The predicted octanol–water partition coefficient (Wildman–Crippen LogP) is 3.80. The summed E-state index contributed by atoms with van der Waals surface area (Å²) in [6.07, 6.45) is 0.816. The van der Waals surface area contributed by atoms with Crippen LogP contribution in [0.1, 0.15) is 18.2 Å². The zero-order valence-electron chi connectivity index (χ0n) is 11.1. The minimum atomic E-state index is -0.233. The second-order valence-electron chi connectivity index (χ2n) is 4.22. The Morgan fingerprint density at radius 1 is 1.32 bits per heavy atom. The molecule has 5 heteroatoms. The zero-order valence-corrected chi connectivity index (χ0v) is 13.2. The van der Waals surface area contributed by atoms with E-state index in [1.165, 1.54) is 6.07 Å². The maximum Gasteiger partial charge on any atom is 0.161 e. The van der Waals surface area contributed by atoms with Crippen LogP contribution in [0.2, 0.25) is 0 Å². The normalized spacial score (nSPS) is 10.6. The van der Waals surface area contributed by atoms with Gasteiger partial charge in [-0.15, -0.1) is 0 Å². The van der Waals surface area contributed by atoms with E-state index in [0.29, 0.717) is 17.0 Å². The molecular formula is C14H15FIN3. The summed E-state index contributed by atoms with van der Waals surface area (Å²) in [5.74, 6) is 1.10. The van der Waals surface area contributed by atoms with Gasteiger partial charge in [0, 0.05) is 12.6 Å². The van der Waals surface area contributed by atoms with E-state index in [-0.39, 0.29) is 5.82 Å². The van der Waals surface area contributed by atoms with Crippen molar-refractivity contribution in [2.45, 2.75) is 20.3 Å². The third kappa shape index (κ3) is 2.86. The lowest BCUT2D eigenvalue weighted by Crippen LogP contribution is -2.05. The van der Waals surface area contributed by atoms with Crippen molar-refractivity contribution in [1.29, 1.82) is 0 Å². The first-order valence-electron chi connectivity index (χ1n) is 6.07. The highest BCUT2D eigenvalue weighted by atomic mass is 127. The largest absolute Gasteiger partial charge is 0.372 e. The van der Waals surface area contributed by atoms with Crippen LogP contribution in [0.4, 0.5) is 10.2 Å². The van der Waals surface area contributed by atoms with Crippen molar-refractivity contribution >= 4 is 28.4 Å². The highest BCUT2D eigenvalue weighted by molar-refractivity contribution is 14.1. The number of halogens is 2. The van der Waals surface area contributed by atoms with Crippen LogP contribution in [0.3, 0.4) is 0 Å². The van der Waals surface area contributed by atoms with E-state index in [1.54, 1.807) is 13.0 Å². The van der Waals surface area contributed by atoms with Crippen LogP contribution in [-0.4, -0.2) is 17.0 Å². The van der Waals surface area contributed by atoms with Gasteiger partial charge in [0.2, 0.25) is 0 Å². The Kier molecular flexibility index (Phi) is 4.34. The molecule has 1 aromatic heterocycles. The monoisotopic (exact) mass is 371 g/mol. The minimum Gasteiger partial charge on any atom is -0.372 e. The highest BCUT2D eigenvalue weighted by Crippen LogP contribution is 2.25. The van der Waals surface area contributed by atoms with Gasteiger partial charge in [-0.05, 0) is 47.6 Å². The van der Waals surface area contributed by atoms with Crippen molar-refractivity contribution in [2.24, 2.45) is 0 Å². The number of hydrogen-bond donors (Lipinski definition) is 1. The van der Waals surface area contributed by atoms with Gasteiger partial charge in [-0.1, -0.05) is 19.1 Å². The summed E-state index contributed by atoms with van der Waals surface area (Å²) in [4.78, 5) is 8.96. The van der Waals surface area contributed by atoms with E-state index in [1.807, 2.05) is 20.0 Å². The standard InChI is InChI=1S/C14H15FIN3/c1-4-11-12(16)14(17-3)19-13(18-11)9-6-5-8(2)10(15)7-9/h5-7H,4H2,1-3H3,(H,17,18,19). The Balaban J connectivity index is 2.58. The molecule has 0 aliphatic heterocycles. The predicted molar refractivity (Wildman–Crippen MR) is 83.8 cm³/mol. The first-order valence-corrected chi connectivity index (χ1v) is 7.15. The van der Waals surface area contributed by atoms with E-state index in [0.717, 1.165) is 21.5 Å². The molecule has 0 bridgehead atoms. The lowest BCUT2D eigenvalue weighted by molar-refractivity contribution is 0.619. The number of rotatable bonds is 3. The first-order chi connectivity index (χ1) is 9.06. The summed E-state index contributed by atoms with van der Waals surface area (Å²) in [6.45, 7) is 3.79. The summed E-state index contributed by atoms with van der Waals surface area (Å²) < 4.78 is 14.6. The lowest BCUT2D eigenvalue weighted by Gasteiger charge is -2.10. The summed E-state index contributed by atoms with van der Waals surface area (Å²) in [6, 6.07) is 5.08. The fraction of sp³-hybridized carbons (Fsp3) is 0.286. The smallest absolute Gasteiger partial charge is 0.161 e. The SMILES string of the molecule is CCc1nc(-c2ccc(C)c(F)c2)nc(NC)c1I. The molecule has 2 rings (SSSR count). The number of nitrogens with zero attached hydrogens (tertiary/aromatic N) is 2. The van der Waals surface area contributed by atoms with Crippen molar-refractivity contribution in [3.05, 3.63) is 38.8 Å². The molecule has 0 unspecified atom stereocenters. The Morgan fingerprint density at radius 2 is 2.05 bits per heavy atom. The Hall–Kier alpha value is -1.24. The Labute approximate surface area is 125 Å². The van der Waals surface area contributed by atoms with Crippen LogP contribution in [0, 0.1) is 16.3 Å². The molecule has 1 heterocycles. The van der Waals surface area contributed by atoms with Crippen molar-refractivity contribution < 1.29 is 4.39 Å². The molecule has 100 valence electrons. The van der Waals surface area contributed by atoms with E-state index in [2.05, 4.69) is 37.9 Å². The second-order valence-corrected chi connectivity index (χ2v) is 5.30. The zero-order chi connectivity index (χ0) is 14.0. The van der Waals surface area contributed by atoms with Crippen LogP contribution < -0.4 is 5.32 Å². The van der Waals surface area contributed by atoms with Gasteiger partial charge in [0.25, 0.3) is 0 Å². The molecule has 1 aromatic carbocycles. The van der Waals surface area contributed by atoms with Crippen molar-refractivity contribution in [1.82, 2.24) is 9.97 Å². The highest BCUT2D eigenvalue weighted by Gasteiger charge is 2.12. The molecular weight excluding hydrogens is 356 g/mol. The Bertz CT molecular complexity index is 589. The molecule has 0 aliphatic carbocycles. The maximum absolute atomic E-state index is 13.6. The van der Waals surface area contributed by atoms with Crippen LogP contribution >= 0.6 is 22.6 Å². The summed E-state index contributed by atoms with van der Waals surface area (Å²) in [5.41, 5.74) is 2.29. The third-order valence-corrected chi connectivity index (χ3v) is 4.06. The molecule has 0 amide bonds. The molecule has 0 fully saturated rings. The van der Waals surface area contributed by atoms with Gasteiger partial charge >= 0.3 is 0 Å². The number of aryl methyl sites for hydroxylation is 2. The molecule has 0 atom stereocenters. The summed E-state index contributed by atoms with van der Waals surface area (Å²) in [5, 5.41) is 3.05. The fourth-order valence-corrected chi connectivity index (χ4v) is 2.65. The summed E-state index contributed by atoms with van der Waals surface area (Å²) >= 11 is 2.23. The topological polar surface area (TPSA) is 37.8 Å². The number of anilines is 1. The summed E-state index contributed by atoms with van der Waals surface area (Å²) in [7, 11) is 1.82. The van der Waals surface area contributed by atoms with Crippen LogP contribution in [0.25, 0.3) is 11.4 Å². The molecule has 3 nitrogen and oxygen atoms in total. The number of nitrogens with one attached hydrogen (secondary N) is 1. The first kappa shape index (κ1) is 14.2. The van der Waals surface area contributed by atoms with Gasteiger partial charge in [-0.3, -0.25) is 0 Å². The van der Waals surface area contributed by atoms with E-state index >= 15 is 0 Å². The molecule has 2 aromatic rings. The fourth-order valence-electron chi connectivity index (χ4n) is 1.75. The van der Waals surface area contributed by atoms with Crippen LogP contribution in [0.5, 0.6) is 0 Å². The molecule has 0 saturated carbocycles. The van der Waals surface area contributed by atoms with Gasteiger partial charge < -0.3 is 5.32 Å². The van der Waals surface area contributed by atoms with E-state index in [9.17, 15) is 4.39 Å². The molecule has 0 aliphatic rings. The van der Waals surface area contributed by atoms with Crippen LogP contribution in [-0.2, 0) is 6.42 Å². The van der Waals surface area contributed by atoms with Gasteiger partial charge in [0.05, 0.1) is 9.26 Å². The second kappa shape index (κ2) is 5.81. The number of aromatic nitrogens is 2. The quantitative estimate of drug-likeness (QED) is 0.835. The molecule has 1 N–H and O–H groups in total. The maximum atomic E-state index is 13.6. The molecule has 0 saturated heterocycles. The van der Waals surface area contributed by atoms with Gasteiger partial charge in [0.1, 0.15) is 11.6 Å². The molecule has 0 radical (unpaired) electrons. The van der Waals surface area contributed by atoms with Crippen molar-refractivity contribution in [2.75, 3.05) is 12.4 Å². The van der Waals surface area contributed by atoms with Crippen molar-refractivity contribution in [3.63, 3.8) is 0 Å². The van der Waals surface area contributed by atoms with Gasteiger partial charge in [-0.2, -0.15) is 0 Å². The Morgan fingerprint density at radius 3 is 2.63 bits per heavy atom. The van der Waals surface area contributed by atoms with E-state index < -0.39 is 0 Å². The van der Waals surface area contributed by atoms with Gasteiger partial charge in [0.15, 0.2) is 5.82 Å². The average molecular weight is 371 g/mol. The van der Waals surface area contributed by atoms with Crippen LogP contribution in [0.15, 0.2) is 18.2 Å². The minimum absolute atomic E-state index is 0.233. The molecule has 0 spiro atoms. The van der Waals surface area contributed by atoms with Gasteiger partial charge in [-0.25, -0.2) is 14.4 Å². The lowest BCUT2D eigenvalue weighted by atomic mass is 10.1. The average Bonchev–Trinajstić information content (AvgIpc) is 2.42. The number of benzene rings is 1. The third-order valence-electron chi connectivity index (χ3n) is 2.92. The number of hydrogen-bond acceptors (Lipinski definition) is 3. The molecule has 19 heavy (non-hydrogen) atoms.